The summed E-state index contributed by atoms with van der Waals surface area (Å²) in [7, 11) is 0. The molecule has 0 aromatic carbocycles. The quantitative estimate of drug-likeness (QED) is 0.835. The Morgan fingerprint density at radius 1 is 1.33 bits per heavy atom. The Bertz CT molecular complexity index is 280. The van der Waals surface area contributed by atoms with Crippen LogP contribution in [0, 0.1) is 11.8 Å². The number of likely N-dealkylation sites (tertiary alicyclic amines) is 1. The van der Waals surface area contributed by atoms with Crippen LogP contribution in [0.3, 0.4) is 0 Å². The molecular formula is C15H27NO2. The number of Topliss-reactive ketones (excluding diaryl/α,β-unsaturated/α-hetero) is 1. The van der Waals surface area contributed by atoms with Crippen LogP contribution in [0.1, 0.15) is 51.9 Å². The van der Waals surface area contributed by atoms with Gasteiger partial charge in [0.05, 0.1) is 6.61 Å². The minimum Gasteiger partial charge on any atom is -0.395 e. The Morgan fingerprint density at radius 2 is 2.17 bits per heavy atom. The van der Waals surface area contributed by atoms with Crippen LogP contribution < -0.4 is 0 Å². The summed E-state index contributed by atoms with van der Waals surface area (Å²) in [5.41, 5.74) is 0. The van der Waals surface area contributed by atoms with Crippen molar-refractivity contribution in [2.75, 3.05) is 19.7 Å². The van der Waals surface area contributed by atoms with Crippen molar-refractivity contribution in [3.8, 4) is 0 Å². The van der Waals surface area contributed by atoms with Crippen LogP contribution in [0.15, 0.2) is 0 Å². The molecule has 0 radical (unpaired) electrons. The zero-order valence-corrected chi connectivity index (χ0v) is 11.6. The number of nitrogens with zero attached hydrogens (tertiary/aromatic N) is 1. The molecule has 0 spiro atoms. The minimum absolute atomic E-state index is 0.232. The number of rotatable bonds is 4. The Labute approximate surface area is 111 Å². The van der Waals surface area contributed by atoms with Crippen LogP contribution >= 0.6 is 0 Å². The molecule has 1 aliphatic heterocycles. The Hall–Kier alpha value is -0.410. The molecule has 2 rings (SSSR count). The van der Waals surface area contributed by atoms with Crippen molar-refractivity contribution in [1.29, 1.82) is 0 Å². The van der Waals surface area contributed by atoms with Crippen molar-refractivity contribution in [2.45, 2.75) is 57.9 Å². The summed E-state index contributed by atoms with van der Waals surface area (Å²) in [5, 5.41) is 9.43. The minimum atomic E-state index is 0.232. The molecule has 18 heavy (non-hydrogen) atoms. The molecule has 1 heterocycles. The predicted molar refractivity (Wildman–Crippen MR) is 72.4 cm³/mol. The van der Waals surface area contributed by atoms with Crippen LogP contribution in [0.5, 0.6) is 0 Å². The van der Waals surface area contributed by atoms with E-state index in [4.69, 9.17) is 0 Å². The van der Waals surface area contributed by atoms with Crippen LogP contribution in [-0.2, 0) is 4.79 Å². The molecule has 2 fully saturated rings. The van der Waals surface area contributed by atoms with Crippen LogP contribution in [-0.4, -0.2) is 41.5 Å². The van der Waals surface area contributed by atoms with Gasteiger partial charge in [0.15, 0.2) is 0 Å². The summed E-state index contributed by atoms with van der Waals surface area (Å²) in [6.45, 7) is 4.43. The summed E-state index contributed by atoms with van der Waals surface area (Å²) < 4.78 is 0. The lowest BCUT2D eigenvalue weighted by atomic mass is 9.78. The molecule has 3 nitrogen and oxygen atoms in total. The fourth-order valence-electron chi connectivity index (χ4n) is 3.54. The van der Waals surface area contributed by atoms with Crippen molar-refractivity contribution in [2.24, 2.45) is 11.8 Å². The van der Waals surface area contributed by atoms with Gasteiger partial charge in [0.1, 0.15) is 5.78 Å². The molecule has 0 amide bonds. The second kappa shape index (κ2) is 6.67. The largest absolute Gasteiger partial charge is 0.395 e. The van der Waals surface area contributed by atoms with Crippen molar-refractivity contribution in [3.05, 3.63) is 0 Å². The van der Waals surface area contributed by atoms with Gasteiger partial charge >= 0.3 is 0 Å². The highest BCUT2D eigenvalue weighted by Crippen LogP contribution is 2.30. The highest BCUT2D eigenvalue weighted by Gasteiger charge is 2.31. The molecule has 1 saturated heterocycles. The monoisotopic (exact) mass is 253 g/mol. The van der Waals surface area contributed by atoms with E-state index in [-0.39, 0.29) is 12.5 Å². The number of carbonyl (C=O) groups excluding carboxylic acids is 1. The molecule has 0 aromatic heterocycles. The maximum absolute atomic E-state index is 12.0. The SMILES string of the molecule is CCC1CCC(=O)C(CN2CCCCC2CO)C1. The van der Waals surface area contributed by atoms with Gasteiger partial charge in [-0.05, 0) is 38.1 Å². The molecule has 104 valence electrons. The molecule has 1 saturated carbocycles. The average molecular weight is 253 g/mol. The Kier molecular flexibility index (Phi) is 5.19. The van der Waals surface area contributed by atoms with E-state index in [2.05, 4.69) is 11.8 Å². The van der Waals surface area contributed by atoms with Crippen LogP contribution in [0.4, 0.5) is 0 Å². The second-order valence-corrected chi connectivity index (χ2v) is 6.04. The van der Waals surface area contributed by atoms with E-state index < -0.39 is 0 Å². The molecule has 0 aromatic rings. The van der Waals surface area contributed by atoms with E-state index >= 15 is 0 Å². The first-order valence-electron chi connectivity index (χ1n) is 7.62. The molecule has 3 atom stereocenters. The molecule has 1 N–H and O–H groups in total. The number of aliphatic hydroxyl groups is 1. The van der Waals surface area contributed by atoms with Gasteiger partial charge in [0.2, 0.25) is 0 Å². The third-order valence-electron chi connectivity index (χ3n) is 4.86. The van der Waals surface area contributed by atoms with E-state index in [1.807, 2.05) is 0 Å². The first kappa shape index (κ1) is 14.0. The molecular weight excluding hydrogens is 226 g/mol. The van der Waals surface area contributed by atoms with Gasteiger partial charge in [-0.15, -0.1) is 0 Å². The molecule has 3 unspecified atom stereocenters. The number of piperidine rings is 1. The van der Waals surface area contributed by atoms with Gasteiger partial charge in [0, 0.05) is 24.9 Å². The van der Waals surface area contributed by atoms with Gasteiger partial charge in [-0.3, -0.25) is 9.69 Å². The smallest absolute Gasteiger partial charge is 0.137 e. The maximum Gasteiger partial charge on any atom is 0.137 e. The summed E-state index contributed by atoms with van der Waals surface area (Å²) in [5.74, 6) is 1.43. The van der Waals surface area contributed by atoms with E-state index in [0.717, 1.165) is 44.7 Å². The lowest BCUT2D eigenvalue weighted by molar-refractivity contribution is -0.126. The first-order valence-corrected chi connectivity index (χ1v) is 7.62. The predicted octanol–water partition coefficient (Wildman–Crippen LogP) is 2.23. The van der Waals surface area contributed by atoms with Gasteiger partial charge in [0.25, 0.3) is 0 Å². The number of aliphatic hydroxyl groups excluding tert-OH is 1. The number of ketones is 1. The highest BCUT2D eigenvalue weighted by atomic mass is 16.3. The maximum atomic E-state index is 12.0. The third-order valence-corrected chi connectivity index (χ3v) is 4.86. The van der Waals surface area contributed by atoms with Crippen molar-refractivity contribution < 1.29 is 9.90 Å². The van der Waals surface area contributed by atoms with E-state index in [1.54, 1.807) is 0 Å². The highest BCUT2D eigenvalue weighted by molar-refractivity contribution is 5.81. The molecule has 1 aliphatic carbocycles. The summed E-state index contributed by atoms with van der Waals surface area (Å²) in [6, 6.07) is 0.300. The van der Waals surface area contributed by atoms with Crippen molar-refractivity contribution in [3.63, 3.8) is 0 Å². The number of hydrogen-bond donors (Lipinski definition) is 1. The van der Waals surface area contributed by atoms with Crippen LogP contribution in [0.2, 0.25) is 0 Å². The Morgan fingerprint density at radius 3 is 2.89 bits per heavy atom. The molecule has 2 aliphatic rings. The fraction of sp³-hybridized carbons (Fsp3) is 0.933. The number of carbonyl (C=O) groups is 1. The second-order valence-electron chi connectivity index (χ2n) is 6.04. The standard InChI is InChI=1S/C15H27NO2/c1-2-12-6-7-15(18)13(9-12)10-16-8-4-3-5-14(16)11-17/h12-14,17H,2-11H2,1H3. The summed E-state index contributed by atoms with van der Waals surface area (Å²) in [4.78, 5) is 14.4. The first-order chi connectivity index (χ1) is 8.74. The van der Waals surface area contributed by atoms with Gasteiger partial charge in [-0.25, -0.2) is 0 Å². The van der Waals surface area contributed by atoms with E-state index in [9.17, 15) is 9.90 Å². The Balaban J connectivity index is 1.91. The zero-order chi connectivity index (χ0) is 13.0. The lowest BCUT2D eigenvalue weighted by Gasteiger charge is -2.38. The average Bonchev–Trinajstić information content (AvgIpc) is 2.42. The number of hydrogen-bond acceptors (Lipinski definition) is 3. The third kappa shape index (κ3) is 3.33. The topological polar surface area (TPSA) is 40.5 Å². The van der Waals surface area contributed by atoms with Gasteiger partial charge in [-0.1, -0.05) is 19.8 Å². The molecule has 3 heteroatoms. The van der Waals surface area contributed by atoms with Crippen molar-refractivity contribution >= 4 is 5.78 Å². The molecule has 0 bridgehead atoms. The van der Waals surface area contributed by atoms with E-state index in [1.165, 1.54) is 19.3 Å². The summed E-state index contributed by atoms with van der Waals surface area (Å²) >= 11 is 0. The van der Waals surface area contributed by atoms with Crippen molar-refractivity contribution in [1.82, 2.24) is 4.90 Å². The summed E-state index contributed by atoms with van der Waals surface area (Å²) in [6.07, 6.45) is 7.68. The lowest BCUT2D eigenvalue weighted by Crippen LogP contribution is -2.46. The normalized spacial score (nSPS) is 34.8. The van der Waals surface area contributed by atoms with Gasteiger partial charge in [-0.2, -0.15) is 0 Å². The van der Waals surface area contributed by atoms with Gasteiger partial charge < -0.3 is 5.11 Å². The fourth-order valence-corrected chi connectivity index (χ4v) is 3.54. The zero-order valence-electron chi connectivity index (χ0n) is 11.6. The van der Waals surface area contributed by atoms with Crippen LogP contribution in [0.25, 0.3) is 0 Å². The van der Waals surface area contributed by atoms with E-state index in [0.29, 0.717) is 11.8 Å².